The Bertz CT molecular complexity index is 1210. The summed E-state index contributed by atoms with van der Waals surface area (Å²) in [6, 6.07) is 24.9. The molecule has 130 valence electrons. The molecule has 0 amide bonds. The number of aromatic nitrogens is 1. The zero-order valence-electron chi connectivity index (χ0n) is 14.9. The van der Waals surface area contributed by atoms with Gasteiger partial charge in [-0.1, -0.05) is 48.5 Å². The van der Waals surface area contributed by atoms with E-state index in [4.69, 9.17) is 4.74 Å². The first-order valence-electron chi connectivity index (χ1n) is 8.94. The molecule has 5 rings (SSSR count). The monoisotopic (exact) mass is 350 g/mol. The maximum atomic E-state index is 5.48. The Morgan fingerprint density at radius 1 is 0.926 bits per heavy atom. The van der Waals surface area contributed by atoms with Crippen LogP contribution in [0.5, 0.6) is 5.75 Å². The third kappa shape index (κ3) is 2.56. The smallest absolute Gasteiger partial charge is 0.119 e. The van der Waals surface area contributed by atoms with E-state index in [9.17, 15) is 0 Å². The van der Waals surface area contributed by atoms with Gasteiger partial charge in [-0.15, -0.1) is 0 Å². The van der Waals surface area contributed by atoms with E-state index < -0.39 is 0 Å². The lowest BCUT2D eigenvalue weighted by Crippen LogP contribution is -1.94. The van der Waals surface area contributed by atoms with Gasteiger partial charge in [0.1, 0.15) is 5.75 Å². The summed E-state index contributed by atoms with van der Waals surface area (Å²) in [7, 11) is 1.70. The summed E-state index contributed by atoms with van der Waals surface area (Å²) in [5.74, 6) is 0.841. The van der Waals surface area contributed by atoms with Gasteiger partial charge >= 0.3 is 0 Å². The second kappa shape index (κ2) is 6.29. The van der Waals surface area contributed by atoms with Crippen molar-refractivity contribution in [2.75, 3.05) is 7.11 Å². The van der Waals surface area contributed by atoms with Gasteiger partial charge in [-0.05, 0) is 29.8 Å². The van der Waals surface area contributed by atoms with E-state index in [0.717, 1.165) is 44.8 Å². The van der Waals surface area contributed by atoms with Gasteiger partial charge in [0.15, 0.2) is 0 Å². The normalized spacial score (nSPS) is 14.4. The highest BCUT2D eigenvalue weighted by Crippen LogP contribution is 2.41. The molecule has 27 heavy (non-hydrogen) atoms. The largest absolute Gasteiger partial charge is 0.497 e. The molecule has 3 heteroatoms. The van der Waals surface area contributed by atoms with Crippen LogP contribution in [0, 0.1) is 0 Å². The number of ether oxygens (including phenoxy) is 1. The van der Waals surface area contributed by atoms with Gasteiger partial charge < -0.3 is 9.72 Å². The van der Waals surface area contributed by atoms with Crippen molar-refractivity contribution in [2.45, 2.75) is 0 Å². The molecule has 4 aromatic rings. The second-order valence-electron chi connectivity index (χ2n) is 6.54. The second-order valence-corrected chi connectivity index (χ2v) is 6.54. The number of hydrogen-bond donors (Lipinski definition) is 1. The predicted octanol–water partition coefficient (Wildman–Crippen LogP) is 5.85. The van der Waals surface area contributed by atoms with Crippen molar-refractivity contribution in [1.82, 2.24) is 4.98 Å². The summed E-state index contributed by atoms with van der Waals surface area (Å²) < 4.78 is 5.48. The molecule has 0 unspecified atom stereocenters. The number of fused-ring (bicyclic) bond motifs is 2. The average Bonchev–Trinajstić information content (AvgIpc) is 3.34. The number of nitrogens with one attached hydrogen (secondary N) is 1. The molecule has 1 N–H and O–H groups in total. The lowest BCUT2D eigenvalue weighted by Gasteiger charge is -2.13. The number of para-hydroxylation sites is 2. The number of benzene rings is 3. The minimum absolute atomic E-state index is 0.841. The Morgan fingerprint density at radius 3 is 2.70 bits per heavy atom. The molecule has 1 aromatic heterocycles. The van der Waals surface area contributed by atoms with E-state index >= 15 is 0 Å². The van der Waals surface area contributed by atoms with Crippen molar-refractivity contribution >= 4 is 34.0 Å². The topological polar surface area (TPSA) is 37.4 Å². The molecule has 0 atom stereocenters. The van der Waals surface area contributed by atoms with Crippen LogP contribution in [0.2, 0.25) is 0 Å². The molecule has 1 aliphatic rings. The first-order valence-corrected chi connectivity index (χ1v) is 8.94. The summed E-state index contributed by atoms with van der Waals surface area (Å²) in [6.45, 7) is 0. The van der Waals surface area contributed by atoms with Crippen LogP contribution in [0.15, 0.2) is 84.0 Å². The van der Waals surface area contributed by atoms with Gasteiger partial charge in [0.2, 0.25) is 0 Å². The van der Waals surface area contributed by atoms with E-state index in [1.165, 1.54) is 5.39 Å². The number of nitrogens with zero attached hydrogens (tertiary/aromatic N) is 1. The molecule has 0 saturated carbocycles. The summed E-state index contributed by atoms with van der Waals surface area (Å²) in [6.07, 6.45) is 4.06. The molecule has 1 aliphatic heterocycles. The van der Waals surface area contributed by atoms with Crippen molar-refractivity contribution in [2.24, 2.45) is 4.99 Å². The molecular formula is C24H18N2O. The van der Waals surface area contributed by atoms with Crippen molar-refractivity contribution in [3.05, 3.63) is 95.7 Å². The fraction of sp³-hybridized carbons (Fsp3) is 0.0417. The lowest BCUT2D eigenvalue weighted by molar-refractivity contribution is 0.414. The minimum atomic E-state index is 0.841. The number of aromatic amines is 1. The van der Waals surface area contributed by atoms with Crippen LogP contribution in [-0.2, 0) is 0 Å². The Hall–Kier alpha value is -3.59. The summed E-state index contributed by atoms with van der Waals surface area (Å²) >= 11 is 0. The Labute approximate surface area is 157 Å². The summed E-state index contributed by atoms with van der Waals surface area (Å²) in [4.78, 5) is 8.04. The Balaban J connectivity index is 1.84. The average molecular weight is 350 g/mol. The van der Waals surface area contributed by atoms with E-state index in [1.807, 2.05) is 30.5 Å². The molecule has 3 nitrogen and oxygen atoms in total. The molecule has 0 saturated heterocycles. The van der Waals surface area contributed by atoms with Crippen molar-refractivity contribution < 1.29 is 4.74 Å². The molecule has 0 spiro atoms. The Morgan fingerprint density at radius 2 is 1.78 bits per heavy atom. The minimum Gasteiger partial charge on any atom is -0.497 e. The highest BCUT2D eigenvalue weighted by Gasteiger charge is 2.21. The van der Waals surface area contributed by atoms with Crippen molar-refractivity contribution in [3.63, 3.8) is 0 Å². The standard InChI is InChI=1S/C24H18N2O/c1-27-17-8-6-7-16(13-17)24(20-14-25-22-11-4-2-9-18(20)22)21-15-26-23-12-5-3-10-19(21)23/h2-15,25H,1H3. The zero-order valence-corrected chi connectivity index (χ0v) is 14.9. The number of hydrogen-bond acceptors (Lipinski definition) is 2. The fourth-order valence-electron chi connectivity index (χ4n) is 3.73. The van der Waals surface area contributed by atoms with E-state index in [2.05, 4.69) is 64.7 Å². The van der Waals surface area contributed by atoms with Gasteiger partial charge in [0.25, 0.3) is 0 Å². The maximum absolute atomic E-state index is 5.48. The van der Waals surface area contributed by atoms with E-state index in [1.54, 1.807) is 7.11 Å². The first-order chi connectivity index (χ1) is 13.3. The van der Waals surface area contributed by atoms with Crippen LogP contribution >= 0.6 is 0 Å². The van der Waals surface area contributed by atoms with Gasteiger partial charge in [0.05, 0.1) is 12.8 Å². The first kappa shape index (κ1) is 15.6. The summed E-state index contributed by atoms with van der Waals surface area (Å²) in [5.41, 5.74) is 7.84. The molecule has 3 aromatic carbocycles. The van der Waals surface area contributed by atoms with Gasteiger partial charge in [0, 0.05) is 45.6 Å². The third-order valence-corrected chi connectivity index (χ3v) is 5.01. The molecule has 0 bridgehead atoms. The van der Waals surface area contributed by atoms with Gasteiger partial charge in [-0.25, -0.2) is 0 Å². The van der Waals surface area contributed by atoms with Gasteiger partial charge in [-0.2, -0.15) is 0 Å². The number of methoxy groups -OCH3 is 1. The van der Waals surface area contributed by atoms with Crippen LogP contribution in [-0.4, -0.2) is 18.3 Å². The van der Waals surface area contributed by atoms with Crippen molar-refractivity contribution in [1.29, 1.82) is 0 Å². The molecular weight excluding hydrogens is 332 g/mol. The van der Waals surface area contributed by atoms with E-state index in [-0.39, 0.29) is 0 Å². The quantitative estimate of drug-likeness (QED) is 0.494. The van der Waals surface area contributed by atoms with Gasteiger partial charge in [-0.3, -0.25) is 4.99 Å². The predicted molar refractivity (Wildman–Crippen MR) is 112 cm³/mol. The Kier molecular flexibility index (Phi) is 3.65. The number of H-pyrrole nitrogens is 1. The summed E-state index contributed by atoms with van der Waals surface area (Å²) in [5, 5.41) is 1.20. The molecule has 0 radical (unpaired) electrons. The zero-order chi connectivity index (χ0) is 18.2. The van der Waals surface area contributed by atoms with Crippen LogP contribution in [0.1, 0.15) is 16.7 Å². The van der Waals surface area contributed by atoms with Crippen LogP contribution in [0.4, 0.5) is 5.69 Å². The maximum Gasteiger partial charge on any atom is 0.119 e. The fourth-order valence-corrected chi connectivity index (χ4v) is 3.73. The lowest BCUT2D eigenvalue weighted by atomic mass is 9.90. The number of aliphatic imine (C=N–C) groups is 1. The highest BCUT2D eigenvalue weighted by molar-refractivity contribution is 6.27. The van der Waals surface area contributed by atoms with Crippen LogP contribution in [0.3, 0.4) is 0 Å². The van der Waals surface area contributed by atoms with Crippen LogP contribution in [0.25, 0.3) is 22.0 Å². The molecule has 0 fully saturated rings. The third-order valence-electron chi connectivity index (χ3n) is 5.01. The highest BCUT2D eigenvalue weighted by atomic mass is 16.5. The number of allylic oxidation sites excluding steroid dienone is 1. The SMILES string of the molecule is COc1cccc(C(=C2C=Nc3ccccc32)c2c[nH]c3ccccc23)c1. The number of rotatable bonds is 3. The van der Waals surface area contributed by atoms with Crippen LogP contribution < -0.4 is 4.74 Å². The van der Waals surface area contributed by atoms with Crippen molar-refractivity contribution in [3.8, 4) is 5.75 Å². The van der Waals surface area contributed by atoms with E-state index in [0.29, 0.717) is 0 Å². The molecule has 0 aliphatic carbocycles. The molecule has 2 heterocycles.